The van der Waals surface area contributed by atoms with Gasteiger partial charge in [-0.3, -0.25) is 10.1 Å². The molecule has 0 atom stereocenters. The molecule has 126 valence electrons. The van der Waals surface area contributed by atoms with Gasteiger partial charge in [-0.15, -0.1) is 0 Å². The third kappa shape index (κ3) is 5.36. The van der Waals surface area contributed by atoms with Gasteiger partial charge >= 0.3 is 0 Å². The Morgan fingerprint density at radius 1 is 0.880 bits per heavy atom. The van der Waals surface area contributed by atoms with E-state index < -0.39 is 0 Å². The molecule has 0 spiro atoms. The van der Waals surface area contributed by atoms with Gasteiger partial charge in [0.2, 0.25) is 0 Å². The third-order valence-corrected chi connectivity index (χ3v) is 3.67. The smallest absolute Gasteiger partial charge is 0.270 e. The van der Waals surface area contributed by atoms with Gasteiger partial charge in [0.25, 0.3) is 5.69 Å². The largest absolute Gasteiger partial charge is 1.00 e. The Kier molecular flexibility index (Phi) is 6.60. The standard InChI is InChI=1S/C20H17N2O2.BrH/c23-22(24)20-8-4-7-18(15-20)10-9-17-11-13-21(14-12-17)16-19-5-2-1-3-6-19;/h1-15H,16H2;1H/q+1;/p-1. The number of halogens is 1. The van der Waals surface area contributed by atoms with Crippen molar-refractivity contribution in [2.45, 2.75) is 6.54 Å². The van der Waals surface area contributed by atoms with Gasteiger partial charge in [-0.05, 0) is 11.1 Å². The quantitative estimate of drug-likeness (QED) is 0.368. The van der Waals surface area contributed by atoms with Gasteiger partial charge in [-0.1, -0.05) is 54.6 Å². The summed E-state index contributed by atoms with van der Waals surface area (Å²) in [7, 11) is 0. The maximum atomic E-state index is 10.8. The van der Waals surface area contributed by atoms with E-state index in [2.05, 4.69) is 16.7 Å². The number of nitro benzene ring substituents is 1. The fourth-order valence-corrected chi connectivity index (χ4v) is 2.41. The van der Waals surface area contributed by atoms with E-state index in [-0.39, 0.29) is 27.6 Å². The van der Waals surface area contributed by atoms with E-state index >= 15 is 0 Å². The van der Waals surface area contributed by atoms with Crippen LogP contribution in [0.5, 0.6) is 0 Å². The Bertz CT molecular complexity index is 862. The molecule has 4 nitrogen and oxygen atoms in total. The molecule has 0 unspecified atom stereocenters. The molecule has 1 aromatic heterocycles. The molecular weight excluding hydrogens is 380 g/mol. The van der Waals surface area contributed by atoms with Gasteiger partial charge in [0.1, 0.15) is 0 Å². The van der Waals surface area contributed by atoms with E-state index in [4.69, 9.17) is 0 Å². The van der Waals surface area contributed by atoms with Crippen molar-refractivity contribution in [3.8, 4) is 0 Å². The second-order valence-electron chi connectivity index (χ2n) is 5.47. The summed E-state index contributed by atoms with van der Waals surface area (Å²) in [5, 5.41) is 10.8. The lowest BCUT2D eigenvalue weighted by Gasteiger charge is -1.98. The summed E-state index contributed by atoms with van der Waals surface area (Å²) in [6.07, 6.45) is 7.88. The maximum absolute atomic E-state index is 10.8. The molecule has 1 heterocycles. The molecule has 0 fully saturated rings. The average Bonchev–Trinajstić information content (AvgIpc) is 2.62. The van der Waals surface area contributed by atoms with Crippen molar-refractivity contribution < 1.29 is 26.5 Å². The number of aromatic nitrogens is 1. The summed E-state index contributed by atoms with van der Waals surface area (Å²) in [6, 6.07) is 20.9. The summed E-state index contributed by atoms with van der Waals surface area (Å²) >= 11 is 0. The number of nitro groups is 1. The Balaban J connectivity index is 0.00000225. The van der Waals surface area contributed by atoms with Crippen molar-refractivity contribution in [1.82, 2.24) is 0 Å². The first-order valence-corrected chi connectivity index (χ1v) is 7.66. The minimum absolute atomic E-state index is 0. The molecule has 2 aromatic carbocycles. The lowest BCUT2D eigenvalue weighted by atomic mass is 10.1. The zero-order valence-corrected chi connectivity index (χ0v) is 15.0. The maximum Gasteiger partial charge on any atom is 0.270 e. The highest BCUT2D eigenvalue weighted by Gasteiger charge is 2.04. The first-order valence-electron chi connectivity index (χ1n) is 7.66. The number of rotatable bonds is 5. The van der Waals surface area contributed by atoms with Crippen LogP contribution in [0.2, 0.25) is 0 Å². The monoisotopic (exact) mass is 396 g/mol. The van der Waals surface area contributed by atoms with Crippen molar-refractivity contribution >= 4 is 17.8 Å². The fraction of sp³-hybridized carbons (Fsp3) is 0.0500. The molecule has 0 aliphatic carbocycles. The first-order chi connectivity index (χ1) is 11.7. The molecule has 0 saturated carbocycles. The Labute approximate surface area is 157 Å². The van der Waals surface area contributed by atoms with Crippen LogP contribution in [0.3, 0.4) is 0 Å². The highest BCUT2D eigenvalue weighted by atomic mass is 79.9. The predicted molar refractivity (Wildman–Crippen MR) is 94.2 cm³/mol. The summed E-state index contributed by atoms with van der Waals surface area (Å²) in [4.78, 5) is 10.4. The van der Waals surface area contributed by atoms with E-state index in [1.165, 1.54) is 11.6 Å². The predicted octanol–water partition coefficient (Wildman–Crippen LogP) is 1.10. The number of nitrogens with zero attached hydrogens (tertiary/aromatic N) is 2. The van der Waals surface area contributed by atoms with Crippen LogP contribution in [0.25, 0.3) is 12.2 Å². The van der Waals surface area contributed by atoms with Crippen LogP contribution in [0.1, 0.15) is 16.7 Å². The van der Waals surface area contributed by atoms with E-state index in [0.29, 0.717) is 0 Å². The molecular formula is C20H17BrN2O2. The van der Waals surface area contributed by atoms with E-state index in [0.717, 1.165) is 17.7 Å². The SMILES string of the molecule is O=[N+]([O-])c1cccc(C=Cc2cc[n+](Cc3ccccc3)cc2)c1.[Br-]. The molecule has 0 amide bonds. The Morgan fingerprint density at radius 2 is 1.56 bits per heavy atom. The van der Waals surface area contributed by atoms with Crippen LogP contribution in [0.15, 0.2) is 79.1 Å². The van der Waals surface area contributed by atoms with Gasteiger partial charge in [-0.2, -0.15) is 0 Å². The Morgan fingerprint density at radius 3 is 2.24 bits per heavy atom. The second kappa shape index (κ2) is 8.89. The second-order valence-corrected chi connectivity index (χ2v) is 5.47. The van der Waals surface area contributed by atoms with E-state index in [1.54, 1.807) is 12.1 Å². The molecule has 3 rings (SSSR count). The van der Waals surface area contributed by atoms with Crippen molar-refractivity contribution in [2.75, 3.05) is 0 Å². The van der Waals surface area contributed by atoms with Crippen LogP contribution in [0.4, 0.5) is 5.69 Å². The van der Waals surface area contributed by atoms with Gasteiger partial charge in [0.15, 0.2) is 18.9 Å². The molecule has 0 N–H and O–H groups in total. The van der Waals surface area contributed by atoms with Crippen molar-refractivity contribution in [3.05, 3.63) is 106 Å². The van der Waals surface area contributed by atoms with Crippen LogP contribution in [-0.2, 0) is 6.54 Å². The van der Waals surface area contributed by atoms with Gasteiger partial charge < -0.3 is 17.0 Å². The molecule has 5 heteroatoms. The lowest BCUT2D eigenvalue weighted by molar-refractivity contribution is -0.688. The van der Waals surface area contributed by atoms with Crippen LogP contribution in [0, 0.1) is 10.1 Å². The highest BCUT2D eigenvalue weighted by molar-refractivity contribution is 5.70. The summed E-state index contributed by atoms with van der Waals surface area (Å²) in [5.41, 5.74) is 3.21. The van der Waals surface area contributed by atoms with Gasteiger partial charge in [0, 0.05) is 29.8 Å². The number of non-ortho nitro benzene ring substituents is 1. The topological polar surface area (TPSA) is 47.0 Å². The lowest BCUT2D eigenvalue weighted by Crippen LogP contribution is -3.00. The van der Waals surface area contributed by atoms with E-state index in [9.17, 15) is 10.1 Å². The molecule has 0 radical (unpaired) electrons. The van der Waals surface area contributed by atoms with Crippen molar-refractivity contribution in [3.63, 3.8) is 0 Å². The number of hydrogen-bond donors (Lipinski definition) is 0. The van der Waals surface area contributed by atoms with Gasteiger partial charge in [-0.25, -0.2) is 4.57 Å². The minimum Gasteiger partial charge on any atom is -1.00 e. The summed E-state index contributed by atoms with van der Waals surface area (Å²) < 4.78 is 2.11. The average molecular weight is 397 g/mol. The highest BCUT2D eigenvalue weighted by Crippen LogP contribution is 2.15. The first kappa shape index (κ1) is 18.5. The normalized spacial score (nSPS) is 10.4. The summed E-state index contributed by atoms with van der Waals surface area (Å²) in [5.74, 6) is 0. The number of hydrogen-bond acceptors (Lipinski definition) is 2. The zero-order valence-electron chi connectivity index (χ0n) is 13.5. The summed E-state index contributed by atoms with van der Waals surface area (Å²) in [6.45, 7) is 0.829. The minimum atomic E-state index is -0.383. The van der Waals surface area contributed by atoms with Crippen LogP contribution in [-0.4, -0.2) is 4.92 Å². The molecule has 0 saturated heterocycles. The fourth-order valence-electron chi connectivity index (χ4n) is 2.41. The third-order valence-electron chi connectivity index (χ3n) is 3.67. The molecule has 3 aromatic rings. The molecule has 0 aliphatic rings. The molecule has 0 bridgehead atoms. The van der Waals surface area contributed by atoms with E-state index in [1.807, 2.05) is 60.9 Å². The van der Waals surface area contributed by atoms with Crippen LogP contribution < -0.4 is 21.5 Å². The van der Waals surface area contributed by atoms with Crippen LogP contribution >= 0.6 is 0 Å². The number of pyridine rings is 1. The molecule has 25 heavy (non-hydrogen) atoms. The number of benzene rings is 2. The molecule has 0 aliphatic heterocycles. The van der Waals surface area contributed by atoms with Crippen molar-refractivity contribution in [2.24, 2.45) is 0 Å². The van der Waals surface area contributed by atoms with Crippen molar-refractivity contribution in [1.29, 1.82) is 0 Å². The zero-order chi connectivity index (χ0) is 16.8. The van der Waals surface area contributed by atoms with Gasteiger partial charge in [0.05, 0.1) is 4.92 Å². The Hall–Kier alpha value is -2.79.